The zero-order valence-electron chi connectivity index (χ0n) is 10.2. The molecule has 0 amide bonds. The van der Waals surface area contributed by atoms with Gasteiger partial charge >= 0.3 is 0 Å². The summed E-state index contributed by atoms with van der Waals surface area (Å²) in [7, 11) is 0. The van der Waals surface area contributed by atoms with Gasteiger partial charge in [0.25, 0.3) is 0 Å². The van der Waals surface area contributed by atoms with Crippen LogP contribution in [0, 0.1) is 5.41 Å². The fourth-order valence-electron chi connectivity index (χ4n) is 3.01. The van der Waals surface area contributed by atoms with E-state index >= 15 is 0 Å². The topological polar surface area (TPSA) is 34.1 Å². The lowest BCUT2D eigenvalue weighted by Gasteiger charge is -2.41. The van der Waals surface area contributed by atoms with Gasteiger partial charge < -0.3 is 0 Å². The van der Waals surface area contributed by atoms with E-state index in [2.05, 4.69) is 6.92 Å². The van der Waals surface area contributed by atoms with Crippen molar-refractivity contribution in [3.8, 4) is 0 Å². The van der Waals surface area contributed by atoms with Crippen molar-refractivity contribution in [3.05, 3.63) is 22.8 Å². The molecule has 0 spiro atoms. The van der Waals surface area contributed by atoms with E-state index in [1.807, 2.05) is 6.92 Å². The Morgan fingerprint density at radius 3 is 2.69 bits per heavy atom. The van der Waals surface area contributed by atoms with Gasteiger partial charge in [-0.15, -0.1) is 0 Å². The van der Waals surface area contributed by atoms with Gasteiger partial charge in [0.15, 0.2) is 11.6 Å². The van der Waals surface area contributed by atoms with E-state index in [0.717, 1.165) is 30.4 Å². The van der Waals surface area contributed by atoms with E-state index in [1.54, 1.807) is 6.08 Å². The van der Waals surface area contributed by atoms with Crippen molar-refractivity contribution in [2.45, 2.75) is 46.5 Å². The Kier molecular flexibility index (Phi) is 2.61. The van der Waals surface area contributed by atoms with Gasteiger partial charge in [-0.05, 0) is 44.8 Å². The summed E-state index contributed by atoms with van der Waals surface area (Å²) >= 11 is 0. The van der Waals surface area contributed by atoms with Gasteiger partial charge in [-0.3, -0.25) is 9.59 Å². The fraction of sp³-hybridized carbons (Fsp3) is 0.571. The molecule has 2 nitrogen and oxygen atoms in total. The molecular formula is C14H18O2. The second-order valence-corrected chi connectivity index (χ2v) is 5.14. The highest BCUT2D eigenvalue weighted by Gasteiger charge is 2.40. The third-order valence-electron chi connectivity index (χ3n) is 4.14. The quantitative estimate of drug-likeness (QED) is 0.634. The summed E-state index contributed by atoms with van der Waals surface area (Å²) in [5.41, 5.74) is 2.65. The Morgan fingerprint density at radius 1 is 1.38 bits per heavy atom. The average Bonchev–Trinajstić information content (AvgIpc) is 2.19. The molecule has 0 N–H and O–H groups in total. The number of hydrogen-bond acceptors (Lipinski definition) is 2. The van der Waals surface area contributed by atoms with Crippen molar-refractivity contribution in [2.75, 3.05) is 0 Å². The van der Waals surface area contributed by atoms with Gasteiger partial charge in [-0.1, -0.05) is 18.9 Å². The Bertz CT molecular complexity index is 426. The predicted molar refractivity (Wildman–Crippen MR) is 63.0 cm³/mol. The van der Waals surface area contributed by atoms with Crippen molar-refractivity contribution in [2.24, 2.45) is 5.41 Å². The first-order valence-corrected chi connectivity index (χ1v) is 5.94. The van der Waals surface area contributed by atoms with Crippen molar-refractivity contribution in [3.63, 3.8) is 0 Å². The number of fused-ring (bicyclic) bond motifs is 1. The Morgan fingerprint density at radius 2 is 2.06 bits per heavy atom. The number of carbonyl (C=O) groups is 2. The first-order chi connectivity index (χ1) is 7.47. The van der Waals surface area contributed by atoms with Crippen molar-refractivity contribution < 1.29 is 9.59 Å². The van der Waals surface area contributed by atoms with Crippen LogP contribution in [0.25, 0.3) is 0 Å². The molecule has 16 heavy (non-hydrogen) atoms. The fourth-order valence-corrected chi connectivity index (χ4v) is 3.01. The molecule has 0 aromatic carbocycles. The smallest absolute Gasteiger partial charge is 0.189 e. The molecular weight excluding hydrogens is 200 g/mol. The number of Topliss-reactive ketones (excluding diaryl/α,β-unsaturated/α-hetero) is 1. The zero-order valence-corrected chi connectivity index (χ0v) is 10.2. The van der Waals surface area contributed by atoms with Crippen molar-refractivity contribution >= 4 is 11.6 Å². The molecule has 2 heteroatoms. The first kappa shape index (κ1) is 11.3. The number of hydrogen-bond donors (Lipinski definition) is 0. The monoisotopic (exact) mass is 218 g/mol. The molecule has 2 aliphatic rings. The lowest BCUT2D eigenvalue weighted by Crippen LogP contribution is -2.32. The maximum Gasteiger partial charge on any atom is 0.189 e. The maximum absolute atomic E-state index is 11.9. The van der Waals surface area contributed by atoms with Gasteiger partial charge in [0.2, 0.25) is 0 Å². The molecule has 0 aliphatic heterocycles. The van der Waals surface area contributed by atoms with E-state index in [4.69, 9.17) is 0 Å². The van der Waals surface area contributed by atoms with Crippen LogP contribution in [0.4, 0.5) is 0 Å². The lowest BCUT2D eigenvalue weighted by molar-refractivity contribution is -0.118. The number of rotatable bonds is 1. The lowest BCUT2D eigenvalue weighted by atomic mass is 9.63. The normalized spacial score (nSPS) is 29.9. The van der Waals surface area contributed by atoms with Crippen LogP contribution < -0.4 is 0 Å². The number of carbonyl (C=O) groups excluding carboxylic acids is 2. The van der Waals surface area contributed by atoms with Gasteiger partial charge in [-0.2, -0.15) is 0 Å². The highest BCUT2D eigenvalue weighted by molar-refractivity contribution is 6.25. The van der Waals surface area contributed by atoms with Crippen LogP contribution in [0.2, 0.25) is 0 Å². The summed E-state index contributed by atoms with van der Waals surface area (Å²) in [4.78, 5) is 23.5. The summed E-state index contributed by atoms with van der Waals surface area (Å²) in [5.74, 6) is -0.156. The first-order valence-electron chi connectivity index (χ1n) is 5.94. The second kappa shape index (κ2) is 3.69. The largest absolute Gasteiger partial charge is 0.294 e. The molecule has 2 rings (SSSR count). The molecule has 1 fully saturated rings. The second-order valence-electron chi connectivity index (χ2n) is 5.14. The van der Waals surface area contributed by atoms with Gasteiger partial charge in [0.1, 0.15) is 0 Å². The molecule has 2 aliphatic carbocycles. The summed E-state index contributed by atoms with van der Waals surface area (Å²) in [6.45, 7) is 5.69. The summed E-state index contributed by atoms with van der Waals surface area (Å²) in [6, 6.07) is 0. The number of allylic oxidation sites excluding steroid dienone is 4. The van der Waals surface area contributed by atoms with Crippen LogP contribution in [-0.4, -0.2) is 11.6 Å². The van der Waals surface area contributed by atoms with E-state index in [0.29, 0.717) is 5.57 Å². The van der Waals surface area contributed by atoms with Crippen LogP contribution in [-0.2, 0) is 9.59 Å². The molecule has 0 radical (unpaired) electrons. The van der Waals surface area contributed by atoms with E-state index in [1.165, 1.54) is 13.3 Å². The molecule has 1 atom stereocenters. The van der Waals surface area contributed by atoms with Crippen LogP contribution in [0.15, 0.2) is 22.8 Å². The number of ketones is 2. The van der Waals surface area contributed by atoms with E-state index in [9.17, 15) is 9.59 Å². The van der Waals surface area contributed by atoms with Crippen molar-refractivity contribution in [1.82, 2.24) is 0 Å². The predicted octanol–water partition coefficient (Wildman–Crippen LogP) is 2.98. The minimum absolute atomic E-state index is 0.0346. The highest BCUT2D eigenvalue weighted by atomic mass is 16.1. The molecule has 1 unspecified atom stereocenters. The molecule has 0 saturated heterocycles. The summed E-state index contributed by atoms with van der Waals surface area (Å²) < 4.78 is 0. The molecule has 86 valence electrons. The minimum Gasteiger partial charge on any atom is -0.294 e. The van der Waals surface area contributed by atoms with Crippen LogP contribution in [0.1, 0.15) is 46.5 Å². The van der Waals surface area contributed by atoms with Gasteiger partial charge in [0.05, 0.1) is 5.57 Å². The van der Waals surface area contributed by atoms with Crippen molar-refractivity contribution in [1.29, 1.82) is 0 Å². The SMILES string of the molecule is CC(=O)C1=C2CCCCC2(C)C(C)=CC1=O. The molecule has 0 heterocycles. The minimum atomic E-state index is -0.0839. The van der Waals surface area contributed by atoms with Gasteiger partial charge in [-0.25, -0.2) is 0 Å². The molecule has 0 aromatic rings. The molecule has 0 bridgehead atoms. The standard InChI is InChI=1S/C14H18O2/c1-9-8-12(16)13(10(2)15)11-6-4-5-7-14(9,11)3/h8H,4-7H2,1-3H3. The summed E-state index contributed by atoms with van der Waals surface area (Å²) in [5, 5.41) is 0. The van der Waals surface area contributed by atoms with E-state index < -0.39 is 0 Å². The van der Waals surface area contributed by atoms with Gasteiger partial charge in [0, 0.05) is 5.41 Å². The van der Waals surface area contributed by atoms with E-state index in [-0.39, 0.29) is 17.0 Å². The highest BCUT2D eigenvalue weighted by Crippen LogP contribution is 2.49. The third-order valence-corrected chi connectivity index (χ3v) is 4.14. The average molecular weight is 218 g/mol. The Hall–Kier alpha value is -1.18. The zero-order chi connectivity index (χ0) is 11.9. The summed E-state index contributed by atoms with van der Waals surface area (Å²) in [6.07, 6.45) is 5.91. The Labute approximate surface area is 96.4 Å². The third kappa shape index (κ3) is 1.48. The van der Waals surface area contributed by atoms with Crippen LogP contribution in [0.5, 0.6) is 0 Å². The maximum atomic E-state index is 11.9. The van der Waals surface area contributed by atoms with Crippen LogP contribution in [0.3, 0.4) is 0 Å². The molecule has 0 aromatic heterocycles. The van der Waals surface area contributed by atoms with Crippen LogP contribution >= 0.6 is 0 Å². The Balaban J connectivity index is 2.60. The molecule has 1 saturated carbocycles.